The van der Waals surface area contributed by atoms with Crippen molar-refractivity contribution in [2.75, 3.05) is 13.2 Å². The Labute approximate surface area is 92.5 Å². The molecule has 4 nitrogen and oxygen atoms in total. The van der Waals surface area contributed by atoms with Gasteiger partial charge in [-0.3, -0.25) is 9.53 Å². The Bertz CT molecular complexity index is 219. The predicted molar refractivity (Wildman–Crippen MR) is 52.8 cm³/mol. The lowest BCUT2D eigenvalue weighted by Gasteiger charge is -2.16. The van der Waals surface area contributed by atoms with Crippen molar-refractivity contribution >= 4 is 5.91 Å². The predicted octanol–water partition coefficient (Wildman–Crippen LogP) is 1.03. The van der Waals surface area contributed by atoms with E-state index in [1.807, 2.05) is 0 Å². The van der Waals surface area contributed by atoms with E-state index in [0.717, 1.165) is 0 Å². The van der Waals surface area contributed by atoms with Gasteiger partial charge in [-0.1, -0.05) is 0 Å². The van der Waals surface area contributed by atoms with Gasteiger partial charge in [-0.2, -0.15) is 0 Å². The highest BCUT2D eigenvalue weighted by molar-refractivity contribution is 5.81. The third-order valence-electron chi connectivity index (χ3n) is 1.64. The molecule has 0 aromatic carbocycles. The fourth-order valence-corrected chi connectivity index (χ4v) is 0.944. The van der Waals surface area contributed by atoms with Crippen molar-refractivity contribution in [3.8, 4) is 0 Å². The maximum absolute atomic E-state index is 11.6. The minimum Gasteiger partial charge on any atom is -0.353 e. The van der Waals surface area contributed by atoms with Crippen LogP contribution >= 0.6 is 0 Å². The van der Waals surface area contributed by atoms with E-state index in [2.05, 4.69) is 15.4 Å². The van der Waals surface area contributed by atoms with Crippen molar-refractivity contribution in [3.05, 3.63) is 0 Å². The SMILES string of the molecule is CC(C)NC(=O)C(C)NCCOC(F)(F)F. The molecule has 0 rings (SSSR count). The van der Waals surface area contributed by atoms with Crippen LogP contribution in [0.25, 0.3) is 0 Å². The van der Waals surface area contributed by atoms with Crippen LogP contribution in [0.1, 0.15) is 20.8 Å². The van der Waals surface area contributed by atoms with Crippen LogP contribution in [0.3, 0.4) is 0 Å². The summed E-state index contributed by atoms with van der Waals surface area (Å²) in [5.41, 5.74) is 0. The molecule has 1 unspecified atom stereocenters. The van der Waals surface area contributed by atoms with Gasteiger partial charge in [0.05, 0.1) is 12.6 Å². The van der Waals surface area contributed by atoms with Gasteiger partial charge in [0.2, 0.25) is 5.91 Å². The number of nitrogens with one attached hydrogen (secondary N) is 2. The molecule has 1 amide bonds. The molecule has 0 bridgehead atoms. The van der Waals surface area contributed by atoms with Crippen LogP contribution in [-0.2, 0) is 9.53 Å². The van der Waals surface area contributed by atoms with Crippen molar-refractivity contribution in [2.24, 2.45) is 0 Å². The van der Waals surface area contributed by atoms with Gasteiger partial charge in [0, 0.05) is 12.6 Å². The van der Waals surface area contributed by atoms with Gasteiger partial charge in [-0.05, 0) is 20.8 Å². The van der Waals surface area contributed by atoms with Crippen molar-refractivity contribution in [2.45, 2.75) is 39.2 Å². The van der Waals surface area contributed by atoms with Crippen LogP contribution in [0.5, 0.6) is 0 Å². The first-order chi connectivity index (χ1) is 7.22. The Hall–Kier alpha value is -0.820. The van der Waals surface area contributed by atoms with Crippen LogP contribution in [0.2, 0.25) is 0 Å². The van der Waals surface area contributed by atoms with E-state index >= 15 is 0 Å². The van der Waals surface area contributed by atoms with Gasteiger partial charge in [-0.15, -0.1) is 13.2 Å². The first kappa shape index (κ1) is 15.2. The van der Waals surface area contributed by atoms with Gasteiger partial charge in [0.1, 0.15) is 0 Å². The lowest BCUT2D eigenvalue weighted by Crippen LogP contribution is -2.45. The third kappa shape index (κ3) is 8.49. The maximum Gasteiger partial charge on any atom is 0.522 e. The molecule has 16 heavy (non-hydrogen) atoms. The topological polar surface area (TPSA) is 50.4 Å². The molecule has 0 aliphatic rings. The Morgan fingerprint density at radius 1 is 1.31 bits per heavy atom. The van der Waals surface area contributed by atoms with Gasteiger partial charge in [0.15, 0.2) is 0 Å². The average Bonchev–Trinajstić information content (AvgIpc) is 2.09. The van der Waals surface area contributed by atoms with E-state index in [0.29, 0.717) is 0 Å². The number of alkyl halides is 3. The normalized spacial score (nSPS) is 13.9. The summed E-state index contributed by atoms with van der Waals surface area (Å²) in [6.45, 7) is 4.63. The molecule has 0 heterocycles. The summed E-state index contributed by atoms with van der Waals surface area (Å²) < 4.78 is 38.3. The number of carbonyl (C=O) groups excluding carboxylic acids is 1. The number of halogens is 3. The molecular weight excluding hydrogens is 225 g/mol. The van der Waals surface area contributed by atoms with E-state index in [-0.39, 0.29) is 18.5 Å². The molecule has 96 valence electrons. The number of ether oxygens (including phenoxy) is 1. The largest absolute Gasteiger partial charge is 0.522 e. The third-order valence-corrected chi connectivity index (χ3v) is 1.64. The van der Waals surface area contributed by atoms with Crippen LogP contribution in [0, 0.1) is 0 Å². The average molecular weight is 242 g/mol. The molecular formula is C9H17F3N2O2. The summed E-state index contributed by atoms with van der Waals surface area (Å²) in [5, 5.41) is 5.26. The zero-order chi connectivity index (χ0) is 12.8. The highest BCUT2D eigenvalue weighted by atomic mass is 19.4. The molecule has 0 saturated carbocycles. The second kappa shape index (κ2) is 6.70. The Kier molecular flexibility index (Phi) is 6.35. The summed E-state index contributed by atoms with van der Waals surface area (Å²) in [4.78, 5) is 11.3. The molecule has 0 radical (unpaired) electrons. The molecule has 0 fully saturated rings. The molecule has 0 aromatic rings. The molecule has 7 heteroatoms. The molecule has 0 aromatic heterocycles. The van der Waals surface area contributed by atoms with E-state index < -0.39 is 19.0 Å². The maximum atomic E-state index is 11.6. The number of amides is 1. The van der Waals surface area contributed by atoms with Crippen LogP contribution in [0.4, 0.5) is 13.2 Å². The monoisotopic (exact) mass is 242 g/mol. The van der Waals surface area contributed by atoms with Gasteiger partial charge in [-0.25, -0.2) is 0 Å². The van der Waals surface area contributed by atoms with Crippen molar-refractivity contribution in [3.63, 3.8) is 0 Å². The summed E-state index contributed by atoms with van der Waals surface area (Å²) in [6.07, 6.45) is -4.62. The van der Waals surface area contributed by atoms with Crippen molar-refractivity contribution in [1.29, 1.82) is 0 Å². The molecule has 0 saturated heterocycles. The highest BCUT2D eigenvalue weighted by Gasteiger charge is 2.28. The second-order valence-electron chi connectivity index (χ2n) is 3.63. The minimum atomic E-state index is -4.62. The minimum absolute atomic E-state index is 0.00294. The van der Waals surface area contributed by atoms with Gasteiger partial charge in [0.25, 0.3) is 0 Å². The smallest absolute Gasteiger partial charge is 0.353 e. The fraction of sp³-hybridized carbons (Fsp3) is 0.889. The highest BCUT2D eigenvalue weighted by Crippen LogP contribution is 2.15. The summed E-state index contributed by atoms with van der Waals surface area (Å²) in [5.74, 6) is -0.248. The Morgan fingerprint density at radius 3 is 2.31 bits per heavy atom. The first-order valence-corrected chi connectivity index (χ1v) is 4.97. The molecule has 2 N–H and O–H groups in total. The first-order valence-electron chi connectivity index (χ1n) is 4.97. The standard InChI is InChI=1S/C9H17F3N2O2/c1-6(2)14-8(15)7(3)13-4-5-16-9(10,11)12/h6-7,13H,4-5H2,1-3H3,(H,14,15). The van der Waals surface area contributed by atoms with E-state index in [1.165, 1.54) is 0 Å². The van der Waals surface area contributed by atoms with Crippen LogP contribution in [0.15, 0.2) is 0 Å². The summed E-state index contributed by atoms with van der Waals surface area (Å²) >= 11 is 0. The Morgan fingerprint density at radius 2 is 1.88 bits per heavy atom. The molecule has 0 aliphatic carbocycles. The van der Waals surface area contributed by atoms with E-state index in [1.54, 1.807) is 20.8 Å². The zero-order valence-electron chi connectivity index (χ0n) is 9.52. The van der Waals surface area contributed by atoms with Gasteiger partial charge >= 0.3 is 6.36 Å². The zero-order valence-corrected chi connectivity index (χ0v) is 9.52. The van der Waals surface area contributed by atoms with E-state index in [9.17, 15) is 18.0 Å². The second-order valence-corrected chi connectivity index (χ2v) is 3.63. The summed E-state index contributed by atoms with van der Waals surface area (Å²) in [6, 6.07) is -0.539. The number of carbonyl (C=O) groups is 1. The van der Waals surface area contributed by atoms with Gasteiger partial charge < -0.3 is 10.6 Å². The fourth-order valence-electron chi connectivity index (χ4n) is 0.944. The number of hydrogen-bond donors (Lipinski definition) is 2. The van der Waals surface area contributed by atoms with Crippen molar-refractivity contribution < 1.29 is 22.7 Å². The Balaban J connectivity index is 3.65. The molecule has 0 spiro atoms. The quantitative estimate of drug-likeness (QED) is 0.684. The molecule has 1 atom stereocenters. The lowest BCUT2D eigenvalue weighted by molar-refractivity contribution is -0.323. The number of rotatable bonds is 6. The van der Waals surface area contributed by atoms with Crippen LogP contribution < -0.4 is 10.6 Å². The number of hydrogen-bond acceptors (Lipinski definition) is 3. The van der Waals surface area contributed by atoms with E-state index in [4.69, 9.17) is 0 Å². The van der Waals surface area contributed by atoms with Crippen LogP contribution in [-0.4, -0.2) is 37.5 Å². The lowest BCUT2D eigenvalue weighted by atomic mass is 10.3. The van der Waals surface area contributed by atoms with Crippen molar-refractivity contribution in [1.82, 2.24) is 10.6 Å². The summed E-state index contributed by atoms with van der Waals surface area (Å²) in [7, 11) is 0. The molecule has 0 aliphatic heterocycles.